The Morgan fingerprint density at radius 1 is 1.42 bits per heavy atom. The normalized spacial score (nSPS) is 16.5. The Labute approximate surface area is 119 Å². The summed E-state index contributed by atoms with van der Waals surface area (Å²) in [6.07, 6.45) is 2.84. The molecule has 0 aromatic carbocycles. The minimum Gasteiger partial charge on any atom is -0.481 e. The number of halogens is 1. The summed E-state index contributed by atoms with van der Waals surface area (Å²) in [6, 6.07) is 5.11. The van der Waals surface area contributed by atoms with Gasteiger partial charge in [-0.2, -0.15) is 0 Å². The molecule has 6 heteroatoms. The Kier molecular flexibility index (Phi) is 4.19. The summed E-state index contributed by atoms with van der Waals surface area (Å²) in [5, 5.41) is 11.7. The molecule has 2 N–H and O–H groups in total. The van der Waals surface area contributed by atoms with Crippen LogP contribution in [0.1, 0.15) is 36.2 Å². The average Bonchev–Trinajstić information content (AvgIpc) is 2.31. The highest BCUT2D eigenvalue weighted by Crippen LogP contribution is 2.43. The number of pyridine rings is 1. The Morgan fingerprint density at radius 2 is 2.16 bits per heavy atom. The van der Waals surface area contributed by atoms with Gasteiger partial charge < -0.3 is 10.4 Å². The molecule has 0 unspecified atom stereocenters. The molecule has 1 amide bonds. The molecule has 1 aromatic rings. The number of carbonyl (C=O) groups is 2. The third-order valence-corrected chi connectivity index (χ3v) is 3.95. The summed E-state index contributed by atoms with van der Waals surface area (Å²) in [7, 11) is 0. The molecule has 0 saturated heterocycles. The summed E-state index contributed by atoms with van der Waals surface area (Å²) in [4.78, 5) is 26.8. The fourth-order valence-corrected chi connectivity index (χ4v) is 2.65. The Bertz CT molecular complexity index is 500. The largest absolute Gasteiger partial charge is 0.481 e. The molecule has 1 saturated carbocycles. The molecule has 1 aliphatic rings. The zero-order chi connectivity index (χ0) is 13.9. The zero-order valence-corrected chi connectivity index (χ0v) is 11.9. The van der Waals surface area contributed by atoms with Gasteiger partial charge >= 0.3 is 5.97 Å². The molecule has 0 spiro atoms. The first kappa shape index (κ1) is 14.0. The topological polar surface area (TPSA) is 79.3 Å². The summed E-state index contributed by atoms with van der Waals surface area (Å²) in [6.45, 7) is 0.395. The second-order valence-corrected chi connectivity index (χ2v) is 5.76. The second kappa shape index (κ2) is 5.69. The van der Waals surface area contributed by atoms with Crippen LogP contribution in [-0.4, -0.2) is 28.5 Å². The highest BCUT2D eigenvalue weighted by atomic mass is 79.9. The van der Waals surface area contributed by atoms with Crippen LogP contribution in [0.25, 0.3) is 0 Å². The van der Waals surface area contributed by atoms with E-state index in [1.807, 2.05) is 0 Å². The second-order valence-electron chi connectivity index (χ2n) is 4.95. The number of rotatable bonds is 5. The molecular weight excluding hydrogens is 312 g/mol. The van der Waals surface area contributed by atoms with E-state index in [1.54, 1.807) is 18.2 Å². The summed E-state index contributed by atoms with van der Waals surface area (Å²) in [5.41, 5.74) is 0.0622. The number of aliphatic carboxylic acids is 1. The molecule has 1 aromatic heterocycles. The quantitative estimate of drug-likeness (QED) is 0.813. The van der Waals surface area contributed by atoms with E-state index in [9.17, 15) is 9.59 Å². The SMILES string of the molecule is O=C(O)CC1(CNC(=O)c2cccc(Br)n2)CCC1. The zero-order valence-electron chi connectivity index (χ0n) is 10.4. The molecule has 2 rings (SSSR count). The van der Waals surface area contributed by atoms with Crippen LogP contribution in [0, 0.1) is 5.41 Å². The lowest BCUT2D eigenvalue weighted by atomic mass is 9.66. The van der Waals surface area contributed by atoms with Gasteiger partial charge in [0.1, 0.15) is 10.3 Å². The highest BCUT2D eigenvalue weighted by Gasteiger charge is 2.39. The van der Waals surface area contributed by atoms with E-state index in [0.717, 1.165) is 19.3 Å². The smallest absolute Gasteiger partial charge is 0.303 e. The lowest BCUT2D eigenvalue weighted by Crippen LogP contribution is -2.43. The summed E-state index contributed by atoms with van der Waals surface area (Å²) < 4.78 is 0.601. The molecule has 5 nitrogen and oxygen atoms in total. The van der Waals surface area contributed by atoms with Gasteiger partial charge in [-0.15, -0.1) is 0 Å². The maximum Gasteiger partial charge on any atom is 0.303 e. The van der Waals surface area contributed by atoms with Crippen LogP contribution in [0.4, 0.5) is 0 Å². The highest BCUT2D eigenvalue weighted by molar-refractivity contribution is 9.10. The van der Waals surface area contributed by atoms with Crippen LogP contribution in [0.3, 0.4) is 0 Å². The number of hydrogen-bond acceptors (Lipinski definition) is 3. The first-order valence-electron chi connectivity index (χ1n) is 6.13. The number of carboxylic acids is 1. The fourth-order valence-electron chi connectivity index (χ4n) is 2.31. The monoisotopic (exact) mass is 326 g/mol. The van der Waals surface area contributed by atoms with Gasteiger partial charge in [0.05, 0.1) is 6.42 Å². The molecular formula is C13H15BrN2O3. The Balaban J connectivity index is 1.94. The predicted octanol–water partition coefficient (Wildman–Crippen LogP) is 2.22. The van der Waals surface area contributed by atoms with Crippen molar-refractivity contribution in [2.75, 3.05) is 6.54 Å². The van der Waals surface area contributed by atoms with Crippen LogP contribution in [0.15, 0.2) is 22.8 Å². The molecule has 102 valence electrons. The van der Waals surface area contributed by atoms with Crippen molar-refractivity contribution >= 4 is 27.8 Å². The summed E-state index contributed by atoms with van der Waals surface area (Å²) in [5.74, 6) is -1.08. The van der Waals surface area contributed by atoms with Crippen molar-refractivity contribution < 1.29 is 14.7 Å². The number of aromatic nitrogens is 1. The van der Waals surface area contributed by atoms with Crippen molar-refractivity contribution in [3.05, 3.63) is 28.5 Å². The van der Waals surface area contributed by atoms with Gasteiger partial charge in [0.25, 0.3) is 5.91 Å². The van der Waals surface area contributed by atoms with E-state index in [-0.39, 0.29) is 17.7 Å². The van der Waals surface area contributed by atoms with E-state index in [1.165, 1.54) is 0 Å². The lowest BCUT2D eigenvalue weighted by Gasteiger charge is -2.40. The molecule has 0 atom stereocenters. The van der Waals surface area contributed by atoms with E-state index in [0.29, 0.717) is 16.8 Å². The van der Waals surface area contributed by atoms with Crippen molar-refractivity contribution in [1.82, 2.24) is 10.3 Å². The Hall–Kier alpha value is -1.43. The number of carboxylic acid groups (broad SMARTS) is 1. The first-order valence-corrected chi connectivity index (χ1v) is 6.93. The fraction of sp³-hybridized carbons (Fsp3) is 0.462. The number of hydrogen-bond donors (Lipinski definition) is 2. The van der Waals surface area contributed by atoms with Gasteiger partial charge in [-0.05, 0) is 46.3 Å². The van der Waals surface area contributed by atoms with Crippen molar-refractivity contribution in [3.63, 3.8) is 0 Å². The summed E-state index contributed by atoms with van der Waals surface area (Å²) >= 11 is 3.21. The van der Waals surface area contributed by atoms with E-state index in [4.69, 9.17) is 5.11 Å². The number of carbonyl (C=O) groups excluding carboxylic acids is 1. The molecule has 1 aliphatic carbocycles. The third-order valence-electron chi connectivity index (χ3n) is 3.51. The molecule has 1 heterocycles. The maximum atomic E-state index is 11.9. The van der Waals surface area contributed by atoms with E-state index < -0.39 is 5.97 Å². The maximum absolute atomic E-state index is 11.9. The van der Waals surface area contributed by atoms with Gasteiger partial charge in [-0.3, -0.25) is 9.59 Å². The van der Waals surface area contributed by atoms with Crippen LogP contribution < -0.4 is 5.32 Å². The molecule has 0 aliphatic heterocycles. The van der Waals surface area contributed by atoms with Gasteiger partial charge in [-0.1, -0.05) is 12.5 Å². The Morgan fingerprint density at radius 3 is 2.68 bits per heavy atom. The lowest BCUT2D eigenvalue weighted by molar-refractivity contribution is -0.141. The average molecular weight is 327 g/mol. The van der Waals surface area contributed by atoms with Crippen LogP contribution in [0.2, 0.25) is 0 Å². The van der Waals surface area contributed by atoms with E-state index >= 15 is 0 Å². The third kappa shape index (κ3) is 3.53. The van der Waals surface area contributed by atoms with Crippen molar-refractivity contribution in [1.29, 1.82) is 0 Å². The molecule has 1 fully saturated rings. The minimum absolute atomic E-state index is 0.110. The van der Waals surface area contributed by atoms with Crippen LogP contribution in [-0.2, 0) is 4.79 Å². The van der Waals surface area contributed by atoms with Gasteiger partial charge in [0.15, 0.2) is 0 Å². The van der Waals surface area contributed by atoms with Gasteiger partial charge in [0.2, 0.25) is 0 Å². The number of nitrogens with zero attached hydrogens (tertiary/aromatic N) is 1. The van der Waals surface area contributed by atoms with Crippen LogP contribution >= 0.6 is 15.9 Å². The molecule has 0 bridgehead atoms. The number of amides is 1. The van der Waals surface area contributed by atoms with Gasteiger partial charge in [-0.25, -0.2) is 4.98 Å². The van der Waals surface area contributed by atoms with Crippen molar-refractivity contribution in [3.8, 4) is 0 Å². The molecule has 19 heavy (non-hydrogen) atoms. The predicted molar refractivity (Wildman–Crippen MR) is 72.8 cm³/mol. The standard InChI is InChI=1S/C13H15BrN2O3/c14-10-4-1-3-9(16-10)12(19)15-8-13(5-2-6-13)7-11(17)18/h1,3-4H,2,5-8H2,(H,15,19)(H,17,18). The number of nitrogens with one attached hydrogen (secondary N) is 1. The van der Waals surface area contributed by atoms with E-state index in [2.05, 4.69) is 26.2 Å². The van der Waals surface area contributed by atoms with Gasteiger partial charge in [0, 0.05) is 6.54 Å². The van der Waals surface area contributed by atoms with Crippen LogP contribution in [0.5, 0.6) is 0 Å². The minimum atomic E-state index is -0.811. The van der Waals surface area contributed by atoms with Crippen molar-refractivity contribution in [2.24, 2.45) is 5.41 Å². The van der Waals surface area contributed by atoms with Crippen molar-refractivity contribution in [2.45, 2.75) is 25.7 Å². The first-order chi connectivity index (χ1) is 9.01. The molecule has 0 radical (unpaired) electrons.